The molecule has 0 radical (unpaired) electrons. The SMILES string of the molecule is Cn1cc(-c2cc(C(F)(F)F)c(N[C@@H]3C[C@@H]4CN(CC5CCOCC5)C[C@@H]4C3)nn2)cn1. The molecule has 0 aromatic carbocycles. The first-order valence-electron chi connectivity index (χ1n) is 11.4. The first-order valence-corrected chi connectivity index (χ1v) is 11.4. The number of hydrogen-bond donors (Lipinski definition) is 1. The summed E-state index contributed by atoms with van der Waals surface area (Å²) in [5, 5.41) is 15.1. The topological polar surface area (TPSA) is 68.1 Å². The fourth-order valence-electron chi connectivity index (χ4n) is 5.56. The van der Waals surface area contributed by atoms with E-state index in [1.807, 2.05) is 0 Å². The highest BCUT2D eigenvalue weighted by Gasteiger charge is 2.42. The van der Waals surface area contributed by atoms with Gasteiger partial charge in [-0.2, -0.15) is 18.3 Å². The molecule has 32 heavy (non-hydrogen) atoms. The van der Waals surface area contributed by atoms with Crippen LogP contribution in [0, 0.1) is 17.8 Å². The van der Waals surface area contributed by atoms with Gasteiger partial charge in [0.05, 0.1) is 11.9 Å². The Labute approximate surface area is 185 Å². The average Bonchev–Trinajstić information content (AvgIpc) is 3.43. The highest BCUT2D eigenvalue weighted by atomic mass is 19.4. The van der Waals surface area contributed by atoms with Crippen molar-refractivity contribution in [2.75, 3.05) is 38.2 Å². The van der Waals surface area contributed by atoms with E-state index in [1.54, 1.807) is 13.2 Å². The van der Waals surface area contributed by atoms with Gasteiger partial charge in [0.2, 0.25) is 0 Å². The molecule has 0 unspecified atom stereocenters. The van der Waals surface area contributed by atoms with E-state index in [-0.39, 0.29) is 17.6 Å². The van der Waals surface area contributed by atoms with Crippen LogP contribution in [0.25, 0.3) is 11.3 Å². The maximum absolute atomic E-state index is 13.8. The quantitative estimate of drug-likeness (QED) is 0.753. The zero-order chi connectivity index (χ0) is 22.3. The Hall–Kier alpha value is -2.20. The van der Waals surface area contributed by atoms with Crippen LogP contribution in [0.4, 0.5) is 19.0 Å². The highest BCUT2D eigenvalue weighted by molar-refractivity contribution is 5.61. The van der Waals surface area contributed by atoms with Crippen molar-refractivity contribution in [3.8, 4) is 11.3 Å². The normalized spacial score (nSPS) is 27.1. The van der Waals surface area contributed by atoms with Crippen LogP contribution in [0.2, 0.25) is 0 Å². The van der Waals surface area contributed by atoms with Crippen molar-refractivity contribution in [2.24, 2.45) is 24.8 Å². The summed E-state index contributed by atoms with van der Waals surface area (Å²) in [7, 11) is 1.71. The van der Waals surface area contributed by atoms with Crippen LogP contribution in [0.3, 0.4) is 0 Å². The van der Waals surface area contributed by atoms with E-state index in [1.165, 1.54) is 10.9 Å². The number of aryl methyl sites for hydroxylation is 1. The lowest BCUT2D eigenvalue weighted by molar-refractivity contribution is -0.137. The number of nitrogens with one attached hydrogen (secondary N) is 1. The number of ether oxygens (including phenoxy) is 1. The molecular weight excluding hydrogens is 421 g/mol. The Morgan fingerprint density at radius 2 is 1.84 bits per heavy atom. The van der Waals surface area contributed by atoms with Crippen LogP contribution < -0.4 is 5.32 Å². The fraction of sp³-hybridized carbons (Fsp3) is 0.682. The van der Waals surface area contributed by atoms with Crippen molar-refractivity contribution in [1.82, 2.24) is 24.9 Å². The van der Waals surface area contributed by atoms with Gasteiger partial charge in [0.15, 0.2) is 5.82 Å². The smallest absolute Gasteiger partial charge is 0.381 e. The summed E-state index contributed by atoms with van der Waals surface area (Å²) in [6, 6.07) is 1.06. The van der Waals surface area contributed by atoms with Gasteiger partial charge in [-0.3, -0.25) is 4.68 Å². The van der Waals surface area contributed by atoms with Gasteiger partial charge < -0.3 is 15.0 Å². The molecule has 2 aromatic heterocycles. The molecule has 0 amide bonds. The average molecular weight is 451 g/mol. The fourth-order valence-corrected chi connectivity index (χ4v) is 5.56. The third-order valence-electron chi connectivity index (χ3n) is 7.12. The number of aromatic nitrogens is 4. The molecule has 4 heterocycles. The molecule has 3 fully saturated rings. The number of halogens is 3. The van der Waals surface area contributed by atoms with Crippen LogP contribution in [-0.2, 0) is 18.0 Å². The Morgan fingerprint density at radius 3 is 2.47 bits per heavy atom. The molecule has 0 bridgehead atoms. The summed E-state index contributed by atoms with van der Waals surface area (Å²) in [6.07, 6.45) is 2.61. The second-order valence-electron chi connectivity index (χ2n) is 9.50. The summed E-state index contributed by atoms with van der Waals surface area (Å²) in [6.45, 7) is 4.92. The van der Waals surface area contributed by atoms with E-state index in [4.69, 9.17) is 4.74 Å². The maximum atomic E-state index is 13.8. The van der Waals surface area contributed by atoms with Crippen molar-refractivity contribution in [1.29, 1.82) is 0 Å². The molecule has 7 nitrogen and oxygen atoms in total. The number of hydrogen-bond acceptors (Lipinski definition) is 6. The first-order chi connectivity index (χ1) is 15.3. The van der Waals surface area contributed by atoms with Crippen LogP contribution in [0.15, 0.2) is 18.5 Å². The predicted octanol–water partition coefficient (Wildman–Crippen LogP) is 3.44. The number of fused-ring (bicyclic) bond motifs is 1. The Kier molecular flexibility index (Phi) is 5.83. The maximum Gasteiger partial charge on any atom is 0.420 e. The minimum Gasteiger partial charge on any atom is -0.381 e. The first kappa shape index (κ1) is 21.6. The van der Waals surface area contributed by atoms with Crippen LogP contribution in [-0.4, -0.2) is 63.8 Å². The molecule has 1 saturated carbocycles. The monoisotopic (exact) mass is 450 g/mol. The van der Waals surface area contributed by atoms with Gasteiger partial charge in [-0.05, 0) is 49.5 Å². The molecule has 3 aliphatic rings. The largest absolute Gasteiger partial charge is 0.420 e. The molecule has 3 atom stereocenters. The Balaban J connectivity index is 1.23. The third-order valence-corrected chi connectivity index (χ3v) is 7.12. The molecular formula is C22H29F3N6O. The van der Waals surface area contributed by atoms with E-state index < -0.39 is 11.7 Å². The standard InChI is InChI=1S/C22H29F3N6O/c1-30-11-17(9-26-30)20-8-19(22(23,24)25)21(29-28-20)27-18-6-15-12-31(13-16(15)7-18)10-14-2-4-32-5-3-14/h8-9,11,14-16,18H,2-7,10,12-13H2,1H3,(H,27,29)/t15-,16+,18-. The molecule has 0 spiro atoms. The van der Waals surface area contributed by atoms with Gasteiger partial charge in [-0.25, -0.2) is 0 Å². The molecule has 1 aliphatic carbocycles. The Morgan fingerprint density at radius 1 is 1.12 bits per heavy atom. The molecule has 2 aromatic rings. The molecule has 174 valence electrons. The number of likely N-dealkylation sites (tertiary alicyclic amines) is 1. The third kappa shape index (κ3) is 4.61. The number of anilines is 1. The predicted molar refractivity (Wildman–Crippen MR) is 113 cm³/mol. The van der Waals surface area contributed by atoms with Crippen LogP contribution >= 0.6 is 0 Å². The molecule has 2 saturated heterocycles. The van der Waals surface area contributed by atoms with E-state index >= 15 is 0 Å². The zero-order valence-electron chi connectivity index (χ0n) is 18.2. The number of nitrogens with zero attached hydrogens (tertiary/aromatic N) is 5. The summed E-state index contributed by atoms with van der Waals surface area (Å²) in [4.78, 5) is 2.55. The van der Waals surface area contributed by atoms with Crippen LogP contribution in [0.1, 0.15) is 31.2 Å². The number of rotatable bonds is 5. The van der Waals surface area contributed by atoms with Gasteiger partial charge in [0.1, 0.15) is 5.56 Å². The minimum absolute atomic E-state index is 0.00475. The lowest BCUT2D eigenvalue weighted by atomic mass is 10.00. The summed E-state index contributed by atoms with van der Waals surface area (Å²) in [5.41, 5.74) is -0.0929. The minimum atomic E-state index is -4.51. The van der Waals surface area contributed by atoms with Gasteiger partial charge in [-0.1, -0.05) is 0 Å². The van der Waals surface area contributed by atoms with Gasteiger partial charge >= 0.3 is 6.18 Å². The van der Waals surface area contributed by atoms with Crippen molar-refractivity contribution in [3.63, 3.8) is 0 Å². The second-order valence-corrected chi connectivity index (χ2v) is 9.50. The summed E-state index contributed by atoms with van der Waals surface area (Å²) in [5.74, 6) is 1.60. The second kappa shape index (κ2) is 8.62. The highest BCUT2D eigenvalue weighted by Crippen LogP contribution is 2.41. The summed E-state index contributed by atoms with van der Waals surface area (Å²) >= 11 is 0. The van der Waals surface area contributed by atoms with E-state index in [0.717, 1.165) is 64.6 Å². The van der Waals surface area contributed by atoms with E-state index in [2.05, 4.69) is 25.5 Å². The van der Waals surface area contributed by atoms with Crippen molar-refractivity contribution in [3.05, 3.63) is 24.0 Å². The van der Waals surface area contributed by atoms with Crippen molar-refractivity contribution in [2.45, 2.75) is 37.9 Å². The van der Waals surface area contributed by atoms with Crippen LogP contribution in [0.5, 0.6) is 0 Å². The lowest BCUT2D eigenvalue weighted by Gasteiger charge is -2.28. The van der Waals surface area contributed by atoms with Gasteiger partial charge in [-0.15, -0.1) is 10.2 Å². The van der Waals surface area contributed by atoms with Crippen molar-refractivity contribution >= 4 is 5.82 Å². The molecule has 2 aliphatic heterocycles. The molecule has 1 N–H and O–H groups in total. The number of alkyl halides is 3. The van der Waals surface area contributed by atoms with E-state index in [0.29, 0.717) is 23.3 Å². The molecule has 5 rings (SSSR count). The zero-order valence-corrected chi connectivity index (χ0v) is 18.2. The Bertz CT molecular complexity index is 928. The van der Waals surface area contributed by atoms with Crippen molar-refractivity contribution < 1.29 is 17.9 Å². The van der Waals surface area contributed by atoms with E-state index in [9.17, 15) is 13.2 Å². The van der Waals surface area contributed by atoms with Gasteiger partial charge in [0, 0.05) is 57.7 Å². The molecule has 10 heteroatoms. The summed E-state index contributed by atoms with van der Waals surface area (Å²) < 4.78 is 48.3. The van der Waals surface area contributed by atoms with Gasteiger partial charge in [0.25, 0.3) is 0 Å². The lowest BCUT2D eigenvalue weighted by Crippen LogP contribution is -2.32.